The molecule has 0 spiro atoms. The van der Waals surface area contributed by atoms with Crippen LogP contribution in [0.5, 0.6) is 0 Å². The molecule has 37 heavy (non-hydrogen) atoms. The number of rotatable bonds is 6. The van der Waals surface area contributed by atoms with E-state index in [1.54, 1.807) is 29.9 Å². The highest BCUT2D eigenvalue weighted by atomic mass is 32.1. The smallest absolute Gasteiger partial charge is 0.255 e. The van der Waals surface area contributed by atoms with Crippen LogP contribution in [0, 0.1) is 22.7 Å². The van der Waals surface area contributed by atoms with Gasteiger partial charge in [-0.2, -0.15) is 5.26 Å². The highest BCUT2D eigenvalue weighted by molar-refractivity contribution is 7.16. The second-order valence-electron chi connectivity index (χ2n) is 10.4. The summed E-state index contributed by atoms with van der Waals surface area (Å²) in [4.78, 5) is 19.3. The topological polar surface area (TPSA) is 91.5 Å². The molecule has 0 unspecified atom stereocenters. The molecule has 0 fully saturated rings. The van der Waals surface area contributed by atoms with Crippen molar-refractivity contribution in [2.45, 2.75) is 46.6 Å². The number of amides is 1. The Morgan fingerprint density at radius 3 is 2.81 bits per heavy atom. The van der Waals surface area contributed by atoms with Gasteiger partial charge < -0.3 is 14.2 Å². The molecular weight excluding hydrogens is 482 g/mol. The van der Waals surface area contributed by atoms with Crippen molar-refractivity contribution in [1.29, 1.82) is 5.26 Å². The second-order valence-corrected chi connectivity index (χ2v) is 11.5. The Labute approximate surface area is 220 Å². The number of benzene rings is 1. The molecule has 1 atom stereocenters. The molecule has 0 saturated carbocycles. The summed E-state index contributed by atoms with van der Waals surface area (Å²) < 4.78 is 11.4. The van der Waals surface area contributed by atoms with Gasteiger partial charge in [-0.15, -0.1) is 11.3 Å². The molecule has 1 aromatic carbocycles. The first-order chi connectivity index (χ1) is 17.8. The van der Waals surface area contributed by atoms with Crippen LogP contribution >= 0.6 is 11.3 Å². The second kappa shape index (κ2) is 10.2. The Morgan fingerprint density at radius 1 is 1.22 bits per heavy atom. The lowest BCUT2D eigenvalue weighted by Gasteiger charge is -2.33. The fraction of sp³-hybridized carbons (Fsp3) is 0.300. The lowest BCUT2D eigenvalue weighted by Crippen LogP contribution is -2.28. The lowest BCUT2D eigenvalue weighted by atomic mass is 9.72. The number of hydrogen-bond acceptors (Lipinski definition) is 6. The van der Waals surface area contributed by atoms with Crippen LogP contribution in [-0.2, 0) is 19.4 Å². The molecule has 1 amide bonds. The Hall–Kier alpha value is -3.89. The maximum Gasteiger partial charge on any atom is 0.255 e. The minimum absolute atomic E-state index is 0.140. The third kappa shape index (κ3) is 5.30. The molecule has 1 aliphatic carbocycles. The molecule has 188 valence electrons. The van der Waals surface area contributed by atoms with E-state index in [2.05, 4.69) is 32.2 Å². The SMILES string of the molecule is CC(C)(C)[C@@H]1CCc2c(sc(N=Cc3ccc(-c4ccccc4C#N)o3)c2C(=O)NCc2ccco2)C1. The van der Waals surface area contributed by atoms with Crippen LogP contribution in [0.1, 0.15) is 65.1 Å². The van der Waals surface area contributed by atoms with Crippen molar-refractivity contribution >= 4 is 28.5 Å². The molecule has 3 heterocycles. The molecule has 4 aromatic rings. The van der Waals surface area contributed by atoms with Gasteiger partial charge in [0, 0.05) is 10.4 Å². The first kappa shape index (κ1) is 24.8. The third-order valence-electron chi connectivity index (χ3n) is 6.95. The van der Waals surface area contributed by atoms with Crippen molar-refractivity contribution in [2.75, 3.05) is 0 Å². The summed E-state index contributed by atoms with van der Waals surface area (Å²) in [5.74, 6) is 2.29. The summed E-state index contributed by atoms with van der Waals surface area (Å²) in [6.07, 6.45) is 6.12. The Morgan fingerprint density at radius 2 is 2.05 bits per heavy atom. The maximum atomic E-state index is 13.4. The number of carbonyl (C=O) groups is 1. The van der Waals surface area contributed by atoms with Gasteiger partial charge in [0.15, 0.2) is 0 Å². The van der Waals surface area contributed by atoms with E-state index in [9.17, 15) is 10.1 Å². The van der Waals surface area contributed by atoms with Crippen LogP contribution < -0.4 is 5.32 Å². The summed E-state index contributed by atoms with van der Waals surface area (Å²) >= 11 is 1.60. The molecule has 6 nitrogen and oxygen atoms in total. The van der Waals surface area contributed by atoms with Crippen LogP contribution in [0.25, 0.3) is 11.3 Å². The number of hydrogen-bond donors (Lipinski definition) is 1. The Bertz CT molecular complexity index is 1480. The number of nitrogens with one attached hydrogen (secondary N) is 1. The van der Waals surface area contributed by atoms with Gasteiger partial charge in [0.05, 0.1) is 36.2 Å². The van der Waals surface area contributed by atoms with E-state index in [0.717, 1.165) is 30.4 Å². The molecule has 1 N–H and O–H groups in total. The zero-order chi connectivity index (χ0) is 26.0. The van der Waals surface area contributed by atoms with E-state index in [1.807, 2.05) is 42.5 Å². The van der Waals surface area contributed by atoms with Crippen LogP contribution in [0.15, 0.2) is 68.6 Å². The Balaban J connectivity index is 1.44. The number of nitriles is 1. The zero-order valence-electron chi connectivity index (χ0n) is 21.2. The van der Waals surface area contributed by atoms with Crippen molar-refractivity contribution in [2.24, 2.45) is 16.3 Å². The summed E-state index contributed by atoms with van der Waals surface area (Å²) in [6.45, 7) is 7.17. The summed E-state index contributed by atoms with van der Waals surface area (Å²) in [5, 5.41) is 13.1. The summed E-state index contributed by atoms with van der Waals surface area (Å²) in [5.41, 5.74) is 3.25. The minimum atomic E-state index is -0.140. The van der Waals surface area contributed by atoms with Crippen molar-refractivity contribution in [3.05, 3.63) is 87.9 Å². The van der Waals surface area contributed by atoms with Crippen LogP contribution in [0.2, 0.25) is 0 Å². The minimum Gasteiger partial charge on any atom is -0.467 e. The third-order valence-corrected chi connectivity index (χ3v) is 8.11. The number of thiophene rings is 1. The predicted octanol–water partition coefficient (Wildman–Crippen LogP) is 7.30. The monoisotopic (exact) mass is 511 g/mol. The number of nitrogens with zero attached hydrogens (tertiary/aromatic N) is 2. The number of aliphatic imine (C=N–C) groups is 1. The van der Waals surface area contributed by atoms with Gasteiger partial charge in [-0.05, 0) is 72.6 Å². The van der Waals surface area contributed by atoms with Gasteiger partial charge in [0.2, 0.25) is 0 Å². The largest absolute Gasteiger partial charge is 0.467 e. The van der Waals surface area contributed by atoms with Crippen molar-refractivity contribution in [3.8, 4) is 17.4 Å². The molecule has 3 aromatic heterocycles. The fourth-order valence-corrected chi connectivity index (χ4v) is 6.06. The average Bonchev–Trinajstić information content (AvgIpc) is 3.65. The van der Waals surface area contributed by atoms with E-state index >= 15 is 0 Å². The van der Waals surface area contributed by atoms with E-state index in [1.165, 1.54) is 4.88 Å². The molecule has 7 heteroatoms. The van der Waals surface area contributed by atoms with Gasteiger partial charge in [-0.3, -0.25) is 4.79 Å². The van der Waals surface area contributed by atoms with Crippen LogP contribution in [0.3, 0.4) is 0 Å². The lowest BCUT2D eigenvalue weighted by molar-refractivity contribution is 0.0947. The maximum absolute atomic E-state index is 13.4. The van der Waals surface area contributed by atoms with Crippen molar-refractivity contribution in [3.63, 3.8) is 0 Å². The van der Waals surface area contributed by atoms with Crippen LogP contribution in [-0.4, -0.2) is 12.1 Å². The fourth-order valence-electron chi connectivity index (χ4n) is 4.79. The normalized spacial score (nSPS) is 15.5. The van der Waals surface area contributed by atoms with E-state index < -0.39 is 0 Å². The van der Waals surface area contributed by atoms with E-state index in [-0.39, 0.29) is 11.3 Å². The van der Waals surface area contributed by atoms with Gasteiger partial charge in [0.1, 0.15) is 22.3 Å². The van der Waals surface area contributed by atoms with Crippen molar-refractivity contribution in [1.82, 2.24) is 5.32 Å². The summed E-state index contributed by atoms with van der Waals surface area (Å²) in [6, 6.07) is 16.8. The average molecular weight is 512 g/mol. The zero-order valence-corrected chi connectivity index (χ0v) is 22.0. The van der Waals surface area contributed by atoms with E-state index in [0.29, 0.717) is 45.9 Å². The molecule has 5 rings (SSSR count). The first-order valence-corrected chi connectivity index (χ1v) is 13.2. The molecule has 1 aliphatic rings. The molecule has 0 aliphatic heterocycles. The number of carbonyl (C=O) groups excluding carboxylic acids is 1. The first-order valence-electron chi connectivity index (χ1n) is 12.4. The predicted molar refractivity (Wildman–Crippen MR) is 145 cm³/mol. The number of fused-ring (bicyclic) bond motifs is 1. The van der Waals surface area contributed by atoms with Crippen molar-refractivity contribution < 1.29 is 13.6 Å². The quantitative estimate of drug-likeness (QED) is 0.275. The van der Waals surface area contributed by atoms with Gasteiger partial charge >= 0.3 is 0 Å². The van der Waals surface area contributed by atoms with Crippen LogP contribution in [0.4, 0.5) is 5.00 Å². The van der Waals surface area contributed by atoms with E-state index in [4.69, 9.17) is 13.8 Å². The number of furan rings is 2. The molecule has 0 radical (unpaired) electrons. The summed E-state index contributed by atoms with van der Waals surface area (Å²) in [7, 11) is 0. The highest BCUT2D eigenvalue weighted by Crippen LogP contribution is 2.45. The van der Waals surface area contributed by atoms with Gasteiger partial charge in [-0.1, -0.05) is 32.9 Å². The molecular formula is C30H29N3O3S. The molecule has 0 bridgehead atoms. The Kier molecular flexibility index (Phi) is 6.86. The highest BCUT2D eigenvalue weighted by Gasteiger charge is 2.33. The van der Waals surface area contributed by atoms with Gasteiger partial charge in [-0.25, -0.2) is 4.99 Å². The standard InChI is InChI=1S/C30H29N3O3S/c1-30(2,3)20-10-12-24-26(15-20)37-29(27(24)28(34)32-17-21-8-6-14-35-21)33-18-22-11-13-25(36-22)23-9-5-4-7-19(23)16-31/h4-9,11,13-14,18,20H,10,12,15,17H2,1-3H3,(H,32,34)/t20-/m1/s1. The molecule has 0 saturated heterocycles. The van der Waals surface area contributed by atoms with Gasteiger partial charge in [0.25, 0.3) is 5.91 Å².